The van der Waals surface area contributed by atoms with Crippen molar-refractivity contribution in [3.63, 3.8) is 0 Å². The molecule has 2 aliphatic heterocycles. The highest BCUT2D eigenvalue weighted by atomic mass is 16.5. The Morgan fingerprint density at radius 1 is 1.17 bits per heavy atom. The number of hydrogen-bond donors (Lipinski definition) is 0. The summed E-state index contributed by atoms with van der Waals surface area (Å²) in [5.41, 5.74) is 0. The van der Waals surface area contributed by atoms with Crippen LogP contribution in [0.4, 0.5) is 0 Å². The summed E-state index contributed by atoms with van der Waals surface area (Å²) in [5, 5.41) is 4.14. The van der Waals surface area contributed by atoms with Crippen LogP contribution >= 0.6 is 0 Å². The van der Waals surface area contributed by atoms with E-state index in [1.165, 1.54) is 32.2 Å². The average Bonchev–Trinajstić information content (AvgIpc) is 3.44. The number of aryl methyl sites for hydroxylation is 1. The van der Waals surface area contributed by atoms with Crippen LogP contribution < -0.4 is 0 Å². The summed E-state index contributed by atoms with van der Waals surface area (Å²) in [6.45, 7) is 11.1. The Balaban J connectivity index is 1.51. The van der Waals surface area contributed by atoms with Gasteiger partial charge in [0.1, 0.15) is 12.7 Å². The zero-order chi connectivity index (χ0) is 21.2. The zero-order valence-corrected chi connectivity index (χ0v) is 18.9. The van der Waals surface area contributed by atoms with E-state index in [2.05, 4.69) is 31.7 Å². The maximum Gasteiger partial charge on any atom is 0.222 e. The zero-order valence-electron chi connectivity index (χ0n) is 18.9. The number of ether oxygens (including phenoxy) is 1. The number of likely N-dealkylation sites (N-methyl/N-ethyl adjacent to an activating group) is 1. The van der Waals surface area contributed by atoms with E-state index in [0.29, 0.717) is 24.3 Å². The van der Waals surface area contributed by atoms with E-state index in [1.807, 2.05) is 4.68 Å². The monoisotopic (exact) mass is 420 g/mol. The second-order valence-corrected chi connectivity index (χ2v) is 8.76. The van der Waals surface area contributed by atoms with Crippen molar-refractivity contribution in [2.24, 2.45) is 5.92 Å². The predicted molar refractivity (Wildman–Crippen MR) is 117 cm³/mol. The lowest BCUT2D eigenvalue weighted by atomic mass is 9.95. The number of hydrogen-bond acceptors (Lipinski definition) is 6. The number of aromatic nitrogens is 3. The molecule has 3 rings (SSSR count). The van der Waals surface area contributed by atoms with Gasteiger partial charge in [0.05, 0.1) is 6.61 Å². The molecule has 1 aromatic rings. The van der Waals surface area contributed by atoms with Crippen LogP contribution in [-0.4, -0.2) is 101 Å². The third-order valence-corrected chi connectivity index (χ3v) is 6.73. The minimum Gasteiger partial charge on any atom is -0.383 e. The summed E-state index contributed by atoms with van der Waals surface area (Å²) in [7, 11) is 1.77. The van der Waals surface area contributed by atoms with Gasteiger partial charge in [-0.15, -0.1) is 0 Å². The normalized spacial score (nSPS) is 21.3. The summed E-state index contributed by atoms with van der Waals surface area (Å²) in [6.07, 6.45) is 9.49. The topological polar surface area (TPSA) is 66.7 Å². The molecule has 1 aromatic heterocycles. The third kappa shape index (κ3) is 7.03. The van der Waals surface area contributed by atoms with Gasteiger partial charge in [0.15, 0.2) is 0 Å². The minimum absolute atomic E-state index is 0.305. The van der Waals surface area contributed by atoms with Crippen LogP contribution in [0.2, 0.25) is 0 Å². The van der Waals surface area contributed by atoms with Gasteiger partial charge in [0, 0.05) is 45.8 Å². The predicted octanol–water partition coefficient (Wildman–Crippen LogP) is 1.73. The molecule has 0 unspecified atom stereocenters. The first-order chi connectivity index (χ1) is 14.7. The van der Waals surface area contributed by atoms with Crippen LogP contribution in [0.15, 0.2) is 12.7 Å². The van der Waals surface area contributed by atoms with Gasteiger partial charge in [0.2, 0.25) is 5.91 Å². The van der Waals surface area contributed by atoms with Crippen molar-refractivity contribution in [1.29, 1.82) is 0 Å². The molecule has 3 heterocycles. The number of methoxy groups -OCH3 is 1. The molecular formula is C22H40N6O2. The second-order valence-electron chi connectivity index (χ2n) is 8.76. The summed E-state index contributed by atoms with van der Waals surface area (Å²) in [5.74, 6) is 0.916. The van der Waals surface area contributed by atoms with Gasteiger partial charge in [-0.2, -0.15) is 5.10 Å². The summed E-state index contributed by atoms with van der Waals surface area (Å²) < 4.78 is 7.03. The molecule has 2 fully saturated rings. The van der Waals surface area contributed by atoms with Crippen molar-refractivity contribution in [2.45, 2.75) is 58.0 Å². The number of amides is 1. The second kappa shape index (κ2) is 12.4. The van der Waals surface area contributed by atoms with E-state index < -0.39 is 0 Å². The summed E-state index contributed by atoms with van der Waals surface area (Å²) >= 11 is 0. The highest BCUT2D eigenvalue weighted by Crippen LogP contribution is 2.22. The van der Waals surface area contributed by atoms with Crippen LogP contribution in [0.3, 0.4) is 0 Å². The van der Waals surface area contributed by atoms with Gasteiger partial charge >= 0.3 is 0 Å². The molecule has 170 valence electrons. The van der Waals surface area contributed by atoms with Crippen molar-refractivity contribution in [3.05, 3.63) is 12.7 Å². The molecule has 0 spiro atoms. The maximum absolute atomic E-state index is 13.2. The Bertz CT molecular complexity index is 603. The number of piperidine rings is 1. The lowest BCUT2D eigenvalue weighted by Gasteiger charge is -2.36. The summed E-state index contributed by atoms with van der Waals surface area (Å²) in [4.78, 5) is 24.4. The number of likely N-dealkylation sites (tertiary alicyclic amines) is 2. The molecule has 0 aliphatic carbocycles. The van der Waals surface area contributed by atoms with E-state index in [-0.39, 0.29) is 0 Å². The SMILES string of the molecule is CCN1CCC[C@@H]1CN(CC1CCN(CCOC)CC1)C(=O)CCCn1cncn1. The van der Waals surface area contributed by atoms with Crippen LogP contribution in [0.5, 0.6) is 0 Å². The third-order valence-electron chi connectivity index (χ3n) is 6.73. The number of nitrogens with zero attached hydrogens (tertiary/aromatic N) is 6. The van der Waals surface area contributed by atoms with Gasteiger partial charge in [-0.3, -0.25) is 14.4 Å². The first-order valence-corrected chi connectivity index (χ1v) is 11.7. The Kier molecular flexibility index (Phi) is 9.55. The van der Waals surface area contributed by atoms with Crippen molar-refractivity contribution in [2.75, 3.05) is 59.5 Å². The van der Waals surface area contributed by atoms with Crippen molar-refractivity contribution >= 4 is 5.91 Å². The fourth-order valence-corrected chi connectivity index (χ4v) is 4.87. The lowest BCUT2D eigenvalue weighted by Crippen LogP contribution is -2.46. The highest BCUT2D eigenvalue weighted by molar-refractivity contribution is 5.76. The highest BCUT2D eigenvalue weighted by Gasteiger charge is 2.29. The molecule has 30 heavy (non-hydrogen) atoms. The van der Waals surface area contributed by atoms with Crippen LogP contribution in [-0.2, 0) is 16.1 Å². The largest absolute Gasteiger partial charge is 0.383 e. The molecule has 8 nitrogen and oxygen atoms in total. The van der Waals surface area contributed by atoms with E-state index in [9.17, 15) is 4.79 Å². The first-order valence-electron chi connectivity index (χ1n) is 11.7. The molecule has 0 N–H and O–H groups in total. The molecule has 2 aliphatic rings. The Labute approximate surface area is 181 Å². The van der Waals surface area contributed by atoms with Crippen molar-refractivity contribution in [3.8, 4) is 0 Å². The van der Waals surface area contributed by atoms with E-state index in [0.717, 1.165) is 58.8 Å². The molecule has 0 saturated carbocycles. The Morgan fingerprint density at radius 3 is 2.70 bits per heavy atom. The van der Waals surface area contributed by atoms with E-state index in [1.54, 1.807) is 19.8 Å². The Morgan fingerprint density at radius 2 is 2.00 bits per heavy atom. The first kappa shape index (κ1) is 23.2. The fourth-order valence-electron chi connectivity index (χ4n) is 4.87. The molecule has 2 saturated heterocycles. The van der Waals surface area contributed by atoms with Crippen LogP contribution in [0.25, 0.3) is 0 Å². The quantitative estimate of drug-likeness (QED) is 0.513. The number of rotatable bonds is 12. The van der Waals surface area contributed by atoms with Crippen LogP contribution in [0.1, 0.15) is 45.4 Å². The smallest absolute Gasteiger partial charge is 0.222 e. The minimum atomic E-state index is 0.305. The van der Waals surface area contributed by atoms with Gasteiger partial charge in [-0.1, -0.05) is 6.92 Å². The number of carbonyl (C=O) groups excluding carboxylic acids is 1. The number of carbonyl (C=O) groups is 1. The van der Waals surface area contributed by atoms with Crippen molar-refractivity contribution in [1.82, 2.24) is 29.5 Å². The fraction of sp³-hybridized carbons (Fsp3) is 0.864. The molecule has 0 aromatic carbocycles. The summed E-state index contributed by atoms with van der Waals surface area (Å²) in [6, 6.07) is 0.524. The van der Waals surface area contributed by atoms with E-state index in [4.69, 9.17) is 4.74 Å². The molecule has 1 amide bonds. The molecule has 1 atom stereocenters. The van der Waals surface area contributed by atoms with Crippen LogP contribution in [0, 0.1) is 5.92 Å². The lowest BCUT2D eigenvalue weighted by molar-refractivity contribution is -0.133. The molecule has 0 radical (unpaired) electrons. The van der Waals surface area contributed by atoms with E-state index >= 15 is 0 Å². The molecule has 0 bridgehead atoms. The van der Waals surface area contributed by atoms with Gasteiger partial charge in [-0.25, -0.2) is 4.98 Å². The Hall–Kier alpha value is -1.51. The van der Waals surface area contributed by atoms with Gasteiger partial charge < -0.3 is 14.5 Å². The molecular weight excluding hydrogens is 380 g/mol. The molecule has 8 heteroatoms. The standard InChI is InChI=1S/C22H40N6O2/c1-3-26-10-4-6-21(26)17-27(22(29)7-5-11-28-19-23-18-24-28)16-20-8-12-25(13-9-20)14-15-30-2/h18-21H,3-17H2,1-2H3/t21-/m1/s1. The average molecular weight is 421 g/mol. The maximum atomic E-state index is 13.2. The van der Waals surface area contributed by atoms with Gasteiger partial charge in [-0.05, 0) is 64.2 Å². The van der Waals surface area contributed by atoms with Crippen molar-refractivity contribution < 1.29 is 9.53 Å². The van der Waals surface area contributed by atoms with Gasteiger partial charge in [0.25, 0.3) is 0 Å².